The highest BCUT2D eigenvalue weighted by Gasteiger charge is 2.49. The van der Waals surface area contributed by atoms with Gasteiger partial charge in [-0.25, -0.2) is 0 Å². The van der Waals surface area contributed by atoms with Gasteiger partial charge >= 0.3 is 6.18 Å². The largest absolute Gasteiger partial charge is 0.474 e. The molecule has 3 saturated carbocycles. The van der Waals surface area contributed by atoms with Gasteiger partial charge in [-0.05, 0) is 106 Å². The Balaban J connectivity index is 1.28. The number of amides is 1. The molecule has 1 aliphatic heterocycles. The number of ether oxygens (including phenoxy) is 1. The van der Waals surface area contributed by atoms with Gasteiger partial charge in [0.25, 0.3) is 5.91 Å². The number of benzene rings is 1. The van der Waals surface area contributed by atoms with E-state index in [9.17, 15) is 18.0 Å². The van der Waals surface area contributed by atoms with E-state index in [1.54, 1.807) is 12.4 Å². The molecule has 7 rings (SSSR count). The maximum Gasteiger partial charge on any atom is 0.416 e. The minimum absolute atomic E-state index is 0.00755. The summed E-state index contributed by atoms with van der Waals surface area (Å²) >= 11 is 0. The minimum Gasteiger partial charge on any atom is -0.474 e. The van der Waals surface area contributed by atoms with Crippen LogP contribution in [-0.2, 0) is 31.7 Å². The molecule has 3 fully saturated rings. The molecule has 44 heavy (non-hydrogen) atoms. The molecule has 1 amide bonds. The molecular formula is C33H39F3N6O2. The van der Waals surface area contributed by atoms with Crippen LogP contribution in [0, 0.1) is 5.92 Å². The van der Waals surface area contributed by atoms with Crippen LogP contribution in [0.1, 0.15) is 110 Å². The van der Waals surface area contributed by atoms with Crippen molar-refractivity contribution in [1.82, 2.24) is 25.1 Å². The summed E-state index contributed by atoms with van der Waals surface area (Å²) in [7, 11) is 1.91. The highest BCUT2D eigenvalue weighted by Crippen LogP contribution is 2.53. The first-order valence-corrected chi connectivity index (χ1v) is 15.8. The Hall–Kier alpha value is -3.47. The second-order valence-electron chi connectivity index (χ2n) is 13.8. The van der Waals surface area contributed by atoms with Crippen LogP contribution in [0.25, 0.3) is 0 Å². The van der Waals surface area contributed by atoms with Gasteiger partial charge in [0.05, 0.1) is 17.5 Å². The SMILES string of the molecule is CC1CC(c2cc(OC3CCCC3)nc(N3Cc4c(cc(CNC5(C)CCC5)cc4C(F)(F)F)C3=O)c2)(c2nncn2C)C1. The Morgan fingerprint density at radius 3 is 2.45 bits per heavy atom. The van der Waals surface area contributed by atoms with Crippen molar-refractivity contribution < 1.29 is 22.7 Å². The first-order valence-electron chi connectivity index (χ1n) is 15.8. The number of aromatic nitrogens is 4. The van der Waals surface area contributed by atoms with E-state index in [2.05, 4.69) is 29.4 Å². The fourth-order valence-electron chi connectivity index (χ4n) is 7.74. The lowest BCUT2D eigenvalue weighted by Crippen LogP contribution is -2.47. The monoisotopic (exact) mass is 608 g/mol. The fourth-order valence-corrected chi connectivity index (χ4v) is 7.74. The molecule has 0 spiro atoms. The average Bonchev–Trinajstić information content (AvgIpc) is 3.69. The van der Waals surface area contributed by atoms with Crippen molar-refractivity contribution in [3.05, 3.63) is 64.2 Å². The van der Waals surface area contributed by atoms with E-state index in [4.69, 9.17) is 9.72 Å². The molecule has 2 aromatic heterocycles. The molecule has 0 radical (unpaired) electrons. The Kier molecular flexibility index (Phi) is 7.02. The zero-order valence-electron chi connectivity index (χ0n) is 25.5. The molecule has 11 heteroatoms. The van der Waals surface area contributed by atoms with Gasteiger partial charge in [-0.15, -0.1) is 10.2 Å². The lowest BCUT2D eigenvalue weighted by molar-refractivity contribution is -0.138. The third kappa shape index (κ3) is 5.06. The Labute approximate surface area is 255 Å². The molecule has 3 aliphatic carbocycles. The second kappa shape index (κ2) is 10.6. The molecule has 0 unspecified atom stereocenters. The van der Waals surface area contributed by atoms with Gasteiger partial charge in [-0.2, -0.15) is 18.2 Å². The first kappa shape index (κ1) is 29.3. The van der Waals surface area contributed by atoms with E-state index in [-0.39, 0.29) is 35.9 Å². The molecule has 3 heterocycles. The van der Waals surface area contributed by atoms with Gasteiger partial charge in [0.2, 0.25) is 5.88 Å². The number of fused-ring (bicyclic) bond motifs is 1. The third-order valence-corrected chi connectivity index (χ3v) is 10.3. The van der Waals surface area contributed by atoms with Gasteiger partial charge in [0.1, 0.15) is 24.1 Å². The summed E-state index contributed by atoms with van der Waals surface area (Å²) in [5.41, 5.74) is 0.125. The number of nitrogens with one attached hydrogen (secondary N) is 1. The number of anilines is 1. The number of alkyl halides is 3. The van der Waals surface area contributed by atoms with Crippen LogP contribution in [0.4, 0.5) is 19.0 Å². The van der Waals surface area contributed by atoms with E-state index in [1.165, 1.54) is 11.0 Å². The van der Waals surface area contributed by atoms with Gasteiger partial charge in [-0.1, -0.05) is 6.92 Å². The van der Waals surface area contributed by atoms with Crippen LogP contribution >= 0.6 is 0 Å². The van der Waals surface area contributed by atoms with Gasteiger partial charge in [0, 0.05) is 30.8 Å². The number of nitrogens with zero attached hydrogens (tertiary/aromatic N) is 5. The van der Waals surface area contributed by atoms with E-state index in [0.717, 1.165) is 69.2 Å². The van der Waals surface area contributed by atoms with Crippen molar-refractivity contribution >= 4 is 11.7 Å². The zero-order chi connectivity index (χ0) is 30.9. The number of aryl methyl sites for hydroxylation is 1. The highest BCUT2D eigenvalue weighted by atomic mass is 19.4. The minimum atomic E-state index is -4.60. The van der Waals surface area contributed by atoms with Crippen molar-refractivity contribution in [2.24, 2.45) is 13.0 Å². The molecule has 0 bridgehead atoms. The quantitative estimate of drug-likeness (QED) is 0.316. The second-order valence-corrected chi connectivity index (χ2v) is 13.8. The predicted molar refractivity (Wildman–Crippen MR) is 158 cm³/mol. The van der Waals surface area contributed by atoms with Crippen molar-refractivity contribution in [3.63, 3.8) is 0 Å². The van der Waals surface area contributed by atoms with E-state index in [0.29, 0.717) is 23.2 Å². The topological polar surface area (TPSA) is 85.2 Å². The maximum absolute atomic E-state index is 14.4. The Morgan fingerprint density at radius 2 is 1.84 bits per heavy atom. The summed E-state index contributed by atoms with van der Waals surface area (Å²) in [5.74, 6) is 1.47. The van der Waals surface area contributed by atoms with Crippen LogP contribution in [0.15, 0.2) is 30.6 Å². The summed E-state index contributed by atoms with van der Waals surface area (Å²) in [5, 5.41) is 12.0. The molecule has 0 atom stereocenters. The number of hydrogen-bond donors (Lipinski definition) is 1. The smallest absolute Gasteiger partial charge is 0.416 e. The van der Waals surface area contributed by atoms with E-state index < -0.39 is 23.1 Å². The summed E-state index contributed by atoms with van der Waals surface area (Å²) in [6.07, 6.45) is 5.82. The Morgan fingerprint density at radius 1 is 1.09 bits per heavy atom. The molecule has 1 aromatic carbocycles. The maximum atomic E-state index is 14.4. The molecule has 3 aromatic rings. The zero-order valence-corrected chi connectivity index (χ0v) is 25.5. The van der Waals surface area contributed by atoms with Crippen molar-refractivity contribution in [1.29, 1.82) is 0 Å². The average molecular weight is 609 g/mol. The van der Waals surface area contributed by atoms with Crippen LogP contribution in [-0.4, -0.2) is 37.3 Å². The van der Waals surface area contributed by atoms with Crippen molar-refractivity contribution in [3.8, 4) is 5.88 Å². The number of pyridine rings is 1. The lowest BCUT2D eigenvalue weighted by atomic mass is 9.58. The number of rotatable bonds is 8. The molecule has 8 nitrogen and oxygen atoms in total. The highest BCUT2D eigenvalue weighted by molar-refractivity contribution is 6.10. The van der Waals surface area contributed by atoms with Gasteiger partial charge in [-0.3, -0.25) is 9.69 Å². The molecule has 1 N–H and O–H groups in total. The normalized spacial score (nSPS) is 24.7. The van der Waals surface area contributed by atoms with Crippen LogP contribution in [0.2, 0.25) is 0 Å². The van der Waals surface area contributed by atoms with Gasteiger partial charge in [0.15, 0.2) is 0 Å². The summed E-state index contributed by atoms with van der Waals surface area (Å²) in [6, 6.07) is 6.60. The van der Waals surface area contributed by atoms with Crippen LogP contribution in [0.5, 0.6) is 5.88 Å². The standard InChI is InChI=1S/C33H39F3N6O2/c1-20-15-32(16-20,30-40-38-19-41(30)3)22-13-27(39-28(14-22)44-23-7-4-5-8-23)42-18-25-24(29(42)43)11-21(12-26(25)33(34,35)36)17-37-31(2)9-6-10-31/h11-14,19-20,23,37H,4-10,15-18H2,1-3H3. The number of carbonyl (C=O) groups is 1. The number of hydrogen-bond acceptors (Lipinski definition) is 6. The summed E-state index contributed by atoms with van der Waals surface area (Å²) in [4.78, 5) is 20.1. The molecule has 4 aliphatic rings. The van der Waals surface area contributed by atoms with E-state index >= 15 is 0 Å². The lowest BCUT2D eigenvalue weighted by Gasteiger charge is -2.46. The molecule has 0 saturated heterocycles. The van der Waals surface area contributed by atoms with E-state index in [1.807, 2.05) is 23.7 Å². The van der Waals surface area contributed by atoms with Crippen molar-refractivity contribution in [2.75, 3.05) is 4.90 Å². The Bertz CT molecular complexity index is 1580. The first-order chi connectivity index (χ1) is 20.9. The fraction of sp³-hybridized carbons (Fsp3) is 0.576. The third-order valence-electron chi connectivity index (χ3n) is 10.3. The predicted octanol–water partition coefficient (Wildman–Crippen LogP) is 6.46. The number of halogens is 3. The molecule has 234 valence electrons. The van der Waals surface area contributed by atoms with Crippen molar-refractivity contribution in [2.45, 2.75) is 108 Å². The molecular weight excluding hydrogens is 569 g/mol. The summed E-state index contributed by atoms with van der Waals surface area (Å²) < 4.78 is 51.6. The van der Waals surface area contributed by atoms with Gasteiger partial charge < -0.3 is 14.6 Å². The number of carbonyl (C=O) groups excluding carboxylic acids is 1. The van der Waals surface area contributed by atoms with Crippen LogP contribution in [0.3, 0.4) is 0 Å². The summed E-state index contributed by atoms with van der Waals surface area (Å²) in [6.45, 7) is 4.33. The van der Waals surface area contributed by atoms with Crippen LogP contribution < -0.4 is 15.0 Å².